The minimum absolute atomic E-state index is 0.0833. The summed E-state index contributed by atoms with van der Waals surface area (Å²) in [5, 5.41) is 13.7. The van der Waals surface area contributed by atoms with Crippen molar-refractivity contribution in [3.63, 3.8) is 0 Å². The SMILES string of the molecule is CNc1ncc([N+](=O)[O-])c(N(C)c2cccc(F)c2)n1. The maximum absolute atomic E-state index is 13.2. The zero-order chi connectivity index (χ0) is 14.7. The van der Waals surface area contributed by atoms with Crippen molar-refractivity contribution in [3.8, 4) is 0 Å². The van der Waals surface area contributed by atoms with Gasteiger partial charge >= 0.3 is 5.69 Å². The molecule has 0 amide bonds. The van der Waals surface area contributed by atoms with Gasteiger partial charge in [0, 0.05) is 19.8 Å². The molecule has 0 aliphatic rings. The Morgan fingerprint density at radius 1 is 1.45 bits per heavy atom. The molecule has 8 heteroatoms. The first kappa shape index (κ1) is 13.7. The Labute approximate surface area is 114 Å². The quantitative estimate of drug-likeness (QED) is 0.682. The normalized spacial score (nSPS) is 10.2. The van der Waals surface area contributed by atoms with Crippen molar-refractivity contribution >= 4 is 23.1 Å². The van der Waals surface area contributed by atoms with Gasteiger partial charge in [0.2, 0.25) is 11.8 Å². The van der Waals surface area contributed by atoms with Crippen LogP contribution in [0.15, 0.2) is 30.5 Å². The van der Waals surface area contributed by atoms with Crippen LogP contribution in [0.25, 0.3) is 0 Å². The van der Waals surface area contributed by atoms with E-state index >= 15 is 0 Å². The van der Waals surface area contributed by atoms with Gasteiger partial charge in [0.05, 0.1) is 4.92 Å². The van der Waals surface area contributed by atoms with Gasteiger partial charge in [0.25, 0.3) is 0 Å². The molecule has 0 unspecified atom stereocenters. The fourth-order valence-corrected chi connectivity index (χ4v) is 1.67. The van der Waals surface area contributed by atoms with E-state index in [-0.39, 0.29) is 17.5 Å². The third-order valence-electron chi connectivity index (χ3n) is 2.68. The number of rotatable bonds is 4. The van der Waals surface area contributed by atoms with Crippen LogP contribution in [0.5, 0.6) is 0 Å². The fraction of sp³-hybridized carbons (Fsp3) is 0.167. The van der Waals surface area contributed by atoms with E-state index in [1.165, 1.54) is 23.1 Å². The third kappa shape index (κ3) is 2.63. The minimum atomic E-state index is -0.579. The molecule has 1 N–H and O–H groups in total. The molecule has 0 fully saturated rings. The topological polar surface area (TPSA) is 84.2 Å². The minimum Gasteiger partial charge on any atom is -0.357 e. The molecule has 104 valence electrons. The number of hydrogen-bond donors (Lipinski definition) is 1. The molecule has 0 aliphatic heterocycles. The van der Waals surface area contributed by atoms with Crippen LogP contribution in [-0.2, 0) is 0 Å². The Morgan fingerprint density at radius 2 is 2.20 bits per heavy atom. The zero-order valence-electron chi connectivity index (χ0n) is 10.9. The van der Waals surface area contributed by atoms with Crippen molar-refractivity contribution in [1.29, 1.82) is 0 Å². The maximum atomic E-state index is 13.2. The Morgan fingerprint density at radius 3 is 2.80 bits per heavy atom. The Bertz CT molecular complexity index is 649. The standard InChI is InChI=1S/C12H12FN5O2/c1-14-12-15-7-10(18(19)20)11(16-12)17(2)9-5-3-4-8(13)6-9/h3-7H,1-2H3,(H,14,15,16). The van der Waals surface area contributed by atoms with Crippen LogP contribution in [-0.4, -0.2) is 29.0 Å². The van der Waals surface area contributed by atoms with E-state index in [1.807, 2.05) is 0 Å². The van der Waals surface area contributed by atoms with Crippen molar-refractivity contribution in [2.24, 2.45) is 0 Å². The summed E-state index contributed by atoms with van der Waals surface area (Å²) in [5.41, 5.74) is 0.199. The van der Waals surface area contributed by atoms with E-state index in [0.717, 1.165) is 6.20 Å². The van der Waals surface area contributed by atoms with Crippen LogP contribution in [0, 0.1) is 15.9 Å². The average molecular weight is 277 g/mol. The second-order valence-corrected chi connectivity index (χ2v) is 3.95. The number of nitrogens with one attached hydrogen (secondary N) is 1. The number of aromatic nitrogens is 2. The first-order valence-corrected chi connectivity index (χ1v) is 5.71. The van der Waals surface area contributed by atoms with Gasteiger partial charge in [0.1, 0.15) is 12.0 Å². The van der Waals surface area contributed by atoms with Gasteiger partial charge in [-0.25, -0.2) is 9.37 Å². The second kappa shape index (κ2) is 5.47. The lowest BCUT2D eigenvalue weighted by atomic mass is 10.3. The molecule has 2 aromatic rings. The average Bonchev–Trinajstić information content (AvgIpc) is 2.45. The summed E-state index contributed by atoms with van der Waals surface area (Å²) >= 11 is 0. The Kier molecular flexibility index (Phi) is 3.74. The molecular formula is C12H12FN5O2. The number of nitro groups is 1. The Balaban J connectivity index is 2.52. The van der Waals surface area contributed by atoms with Crippen molar-refractivity contribution < 1.29 is 9.31 Å². The molecule has 0 saturated carbocycles. The van der Waals surface area contributed by atoms with E-state index in [2.05, 4.69) is 15.3 Å². The highest BCUT2D eigenvalue weighted by molar-refractivity contribution is 5.68. The predicted molar refractivity (Wildman–Crippen MR) is 72.7 cm³/mol. The highest BCUT2D eigenvalue weighted by Crippen LogP contribution is 2.30. The summed E-state index contributed by atoms with van der Waals surface area (Å²) < 4.78 is 13.2. The van der Waals surface area contributed by atoms with Crippen LogP contribution < -0.4 is 10.2 Å². The molecule has 0 saturated heterocycles. The number of hydrogen-bond acceptors (Lipinski definition) is 6. The van der Waals surface area contributed by atoms with E-state index < -0.39 is 10.7 Å². The number of benzene rings is 1. The molecule has 2 rings (SSSR count). The van der Waals surface area contributed by atoms with Crippen molar-refractivity contribution in [2.75, 3.05) is 24.3 Å². The van der Waals surface area contributed by atoms with Crippen LogP contribution >= 0.6 is 0 Å². The van der Waals surface area contributed by atoms with Crippen LogP contribution in [0.1, 0.15) is 0 Å². The molecule has 1 aromatic heterocycles. The van der Waals surface area contributed by atoms with E-state index in [1.54, 1.807) is 20.2 Å². The van der Waals surface area contributed by atoms with Gasteiger partial charge in [-0.2, -0.15) is 4.98 Å². The number of nitrogens with zero attached hydrogens (tertiary/aromatic N) is 4. The number of halogens is 1. The molecule has 0 atom stereocenters. The number of anilines is 3. The predicted octanol–water partition coefficient (Wildman–Crippen LogP) is 2.33. The maximum Gasteiger partial charge on any atom is 0.330 e. The van der Waals surface area contributed by atoms with Gasteiger partial charge in [-0.05, 0) is 18.2 Å². The van der Waals surface area contributed by atoms with Crippen molar-refractivity contribution in [3.05, 3.63) is 46.4 Å². The molecule has 1 heterocycles. The fourth-order valence-electron chi connectivity index (χ4n) is 1.67. The molecule has 0 spiro atoms. The first-order chi connectivity index (χ1) is 9.52. The lowest BCUT2D eigenvalue weighted by Crippen LogP contribution is -2.15. The molecular weight excluding hydrogens is 265 g/mol. The molecule has 7 nitrogen and oxygen atoms in total. The summed E-state index contributed by atoms with van der Waals surface area (Å²) in [4.78, 5) is 19.8. The van der Waals surface area contributed by atoms with Gasteiger partial charge < -0.3 is 10.2 Å². The van der Waals surface area contributed by atoms with Crippen LogP contribution in [0.3, 0.4) is 0 Å². The third-order valence-corrected chi connectivity index (χ3v) is 2.68. The Hall–Kier alpha value is -2.77. The monoisotopic (exact) mass is 277 g/mol. The summed E-state index contributed by atoms with van der Waals surface area (Å²) in [6.45, 7) is 0. The highest BCUT2D eigenvalue weighted by Gasteiger charge is 2.21. The molecule has 1 aromatic carbocycles. The molecule has 0 aliphatic carbocycles. The zero-order valence-corrected chi connectivity index (χ0v) is 10.9. The first-order valence-electron chi connectivity index (χ1n) is 5.71. The second-order valence-electron chi connectivity index (χ2n) is 3.95. The van der Waals surface area contributed by atoms with Gasteiger partial charge in [-0.3, -0.25) is 10.1 Å². The van der Waals surface area contributed by atoms with Gasteiger partial charge in [-0.15, -0.1) is 0 Å². The van der Waals surface area contributed by atoms with Crippen molar-refractivity contribution in [1.82, 2.24) is 9.97 Å². The highest BCUT2D eigenvalue weighted by atomic mass is 19.1. The lowest BCUT2D eigenvalue weighted by Gasteiger charge is -2.18. The largest absolute Gasteiger partial charge is 0.357 e. The van der Waals surface area contributed by atoms with Gasteiger partial charge in [0.15, 0.2) is 0 Å². The lowest BCUT2D eigenvalue weighted by molar-refractivity contribution is -0.384. The summed E-state index contributed by atoms with van der Waals surface area (Å²) in [6.07, 6.45) is 1.12. The van der Waals surface area contributed by atoms with E-state index in [0.29, 0.717) is 5.69 Å². The van der Waals surface area contributed by atoms with E-state index in [4.69, 9.17) is 0 Å². The van der Waals surface area contributed by atoms with Crippen molar-refractivity contribution in [2.45, 2.75) is 0 Å². The van der Waals surface area contributed by atoms with Crippen LogP contribution in [0.2, 0.25) is 0 Å². The smallest absolute Gasteiger partial charge is 0.330 e. The van der Waals surface area contributed by atoms with Gasteiger partial charge in [-0.1, -0.05) is 6.07 Å². The van der Waals surface area contributed by atoms with Crippen LogP contribution in [0.4, 0.5) is 27.5 Å². The summed E-state index contributed by atoms with van der Waals surface area (Å²) in [7, 11) is 3.18. The summed E-state index contributed by atoms with van der Waals surface area (Å²) in [5.74, 6) is -0.103. The molecule has 0 radical (unpaired) electrons. The molecule has 0 bridgehead atoms. The van der Waals surface area contributed by atoms with E-state index in [9.17, 15) is 14.5 Å². The molecule has 20 heavy (non-hydrogen) atoms. The summed E-state index contributed by atoms with van der Waals surface area (Å²) in [6, 6.07) is 5.72.